The Morgan fingerprint density at radius 3 is 2.67 bits per heavy atom. The van der Waals surface area contributed by atoms with Crippen LogP contribution < -0.4 is 5.73 Å². The summed E-state index contributed by atoms with van der Waals surface area (Å²) in [5, 5.41) is 10.1. The zero-order valence-electron chi connectivity index (χ0n) is 10.7. The van der Waals surface area contributed by atoms with Crippen molar-refractivity contribution in [3.63, 3.8) is 0 Å². The Balaban J connectivity index is 2.61. The molecule has 0 saturated heterocycles. The van der Waals surface area contributed by atoms with Gasteiger partial charge in [0.2, 0.25) is 0 Å². The third kappa shape index (κ3) is 2.11. The topological polar surface area (TPSA) is 68.2 Å². The van der Waals surface area contributed by atoms with Crippen LogP contribution in [0.2, 0.25) is 0 Å². The van der Waals surface area contributed by atoms with E-state index in [1.165, 1.54) is 0 Å². The van der Waals surface area contributed by atoms with Crippen molar-refractivity contribution in [3.05, 3.63) is 35.0 Å². The van der Waals surface area contributed by atoms with Crippen molar-refractivity contribution in [2.45, 2.75) is 26.8 Å². The Labute approximate surface area is 106 Å². The van der Waals surface area contributed by atoms with E-state index in [4.69, 9.17) is 10.8 Å². The lowest BCUT2D eigenvalue weighted by atomic mass is 10.1. The van der Waals surface area contributed by atoms with Crippen molar-refractivity contribution in [1.29, 1.82) is 0 Å². The van der Waals surface area contributed by atoms with Crippen molar-refractivity contribution >= 4 is 16.9 Å². The third-order valence-corrected chi connectivity index (χ3v) is 3.21. The maximum atomic E-state index is 11.1. The number of aryl methyl sites for hydroxylation is 3. The molecule has 0 aliphatic carbocycles. The van der Waals surface area contributed by atoms with Crippen LogP contribution in [0.15, 0.2) is 18.3 Å². The fourth-order valence-corrected chi connectivity index (χ4v) is 2.39. The fraction of sp³-hybridized carbons (Fsp3) is 0.357. The van der Waals surface area contributed by atoms with Gasteiger partial charge in [-0.3, -0.25) is 0 Å². The first kappa shape index (κ1) is 12.6. The number of rotatable bonds is 4. The van der Waals surface area contributed by atoms with Crippen molar-refractivity contribution < 1.29 is 9.90 Å². The monoisotopic (exact) mass is 246 g/mol. The van der Waals surface area contributed by atoms with Gasteiger partial charge in [-0.2, -0.15) is 0 Å². The molecule has 0 aliphatic heterocycles. The third-order valence-electron chi connectivity index (χ3n) is 3.21. The quantitative estimate of drug-likeness (QED) is 0.869. The first-order chi connectivity index (χ1) is 8.54. The normalized spacial score (nSPS) is 11.1. The minimum Gasteiger partial charge on any atom is -0.478 e. The van der Waals surface area contributed by atoms with Crippen LogP contribution >= 0.6 is 0 Å². The SMILES string of the molecule is Cc1cn(CCCN)c2c(C)cc(C(=O)O)cc12. The van der Waals surface area contributed by atoms with Gasteiger partial charge in [-0.15, -0.1) is 0 Å². The van der Waals surface area contributed by atoms with Gasteiger partial charge in [0.15, 0.2) is 0 Å². The summed E-state index contributed by atoms with van der Waals surface area (Å²) in [4.78, 5) is 11.1. The van der Waals surface area contributed by atoms with Gasteiger partial charge in [0.25, 0.3) is 0 Å². The van der Waals surface area contributed by atoms with Gasteiger partial charge in [-0.05, 0) is 50.1 Å². The second-order valence-corrected chi connectivity index (χ2v) is 4.64. The number of benzene rings is 1. The zero-order valence-corrected chi connectivity index (χ0v) is 10.7. The molecule has 1 heterocycles. The van der Waals surface area contributed by atoms with Crippen LogP contribution in [0.3, 0.4) is 0 Å². The largest absolute Gasteiger partial charge is 0.478 e. The average molecular weight is 246 g/mol. The van der Waals surface area contributed by atoms with E-state index in [1.807, 2.05) is 13.8 Å². The summed E-state index contributed by atoms with van der Waals surface area (Å²) in [5.74, 6) is -0.880. The summed E-state index contributed by atoms with van der Waals surface area (Å²) in [6.07, 6.45) is 2.99. The molecule has 1 aromatic carbocycles. The summed E-state index contributed by atoms with van der Waals surface area (Å²) in [6, 6.07) is 3.47. The van der Waals surface area contributed by atoms with Gasteiger partial charge in [0.05, 0.1) is 11.1 Å². The standard InChI is InChI=1S/C14H18N2O2/c1-9-6-11(14(17)18)7-12-10(2)8-16(13(9)12)5-3-4-15/h6-8H,3-5,15H2,1-2H3,(H,17,18). The Bertz CT molecular complexity index is 599. The molecule has 2 rings (SSSR count). The van der Waals surface area contributed by atoms with Crippen molar-refractivity contribution in [3.8, 4) is 0 Å². The van der Waals surface area contributed by atoms with Crippen LogP contribution in [0.4, 0.5) is 0 Å². The molecule has 18 heavy (non-hydrogen) atoms. The van der Waals surface area contributed by atoms with Crippen molar-refractivity contribution in [2.24, 2.45) is 5.73 Å². The van der Waals surface area contributed by atoms with E-state index in [9.17, 15) is 4.79 Å². The van der Waals surface area contributed by atoms with E-state index >= 15 is 0 Å². The molecule has 4 heteroatoms. The lowest BCUT2D eigenvalue weighted by Gasteiger charge is -2.07. The van der Waals surface area contributed by atoms with E-state index in [0.717, 1.165) is 35.0 Å². The number of nitrogens with two attached hydrogens (primary N) is 1. The second-order valence-electron chi connectivity index (χ2n) is 4.64. The molecule has 2 aromatic rings. The number of carboxylic acid groups (broad SMARTS) is 1. The van der Waals surface area contributed by atoms with E-state index in [1.54, 1.807) is 12.1 Å². The van der Waals surface area contributed by atoms with E-state index in [-0.39, 0.29) is 0 Å². The number of carbonyl (C=O) groups is 1. The molecule has 0 bridgehead atoms. The van der Waals surface area contributed by atoms with Crippen molar-refractivity contribution in [1.82, 2.24) is 4.57 Å². The lowest BCUT2D eigenvalue weighted by Crippen LogP contribution is -2.05. The maximum absolute atomic E-state index is 11.1. The summed E-state index contributed by atoms with van der Waals surface area (Å²) in [6.45, 7) is 5.48. The smallest absolute Gasteiger partial charge is 0.335 e. The molecular weight excluding hydrogens is 228 g/mol. The molecule has 3 N–H and O–H groups in total. The molecule has 1 aromatic heterocycles. The number of nitrogens with zero attached hydrogens (tertiary/aromatic N) is 1. The Hall–Kier alpha value is -1.81. The molecule has 0 atom stereocenters. The molecule has 0 amide bonds. The highest BCUT2D eigenvalue weighted by Crippen LogP contribution is 2.26. The lowest BCUT2D eigenvalue weighted by molar-refractivity contribution is 0.0697. The molecule has 0 fully saturated rings. The molecular formula is C14H18N2O2. The number of hydrogen-bond acceptors (Lipinski definition) is 2. The highest BCUT2D eigenvalue weighted by Gasteiger charge is 2.12. The number of fused-ring (bicyclic) bond motifs is 1. The highest BCUT2D eigenvalue weighted by atomic mass is 16.4. The van der Waals surface area contributed by atoms with Gasteiger partial charge in [-0.25, -0.2) is 4.79 Å². The Morgan fingerprint density at radius 1 is 1.33 bits per heavy atom. The van der Waals surface area contributed by atoms with Crippen LogP contribution in [0.1, 0.15) is 27.9 Å². The second kappa shape index (κ2) is 4.82. The summed E-state index contributed by atoms with van der Waals surface area (Å²) in [5.41, 5.74) is 9.10. The van der Waals surface area contributed by atoms with Crippen LogP contribution in [0.5, 0.6) is 0 Å². The van der Waals surface area contributed by atoms with E-state index in [0.29, 0.717) is 12.1 Å². The van der Waals surface area contributed by atoms with Gasteiger partial charge in [0.1, 0.15) is 0 Å². The van der Waals surface area contributed by atoms with Crippen LogP contribution in [0, 0.1) is 13.8 Å². The van der Waals surface area contributed by atoms with Crippen molar-refractivity contribution in [2.75, 3.05) is 6.54 Å². The van der Waals surface area contributed by atoms with Gasteiger partial charge < -0.3 is 15.4 Å². The molecule has 4 nitrogen and oxygen atoms in total. The zero-order chi connectivity index (χ0) is 13.3. The number of aromatic nitrogens is 1. The highest BCUT2D eigenvalue weighted by molar-refractivity contribution is 5.96. The first-order valence-corrected chi connectivity index (χ1v) is 6.08. The van der Waals surface area contributed by atoms with E-state index < -0.39 is 5.97 Å². The van der Waals surface area contributed by atoms with Gasteiger partial charge in [0, 0.05) is 18.1 Å². The summed E-state index contributed by atoms with van der Waals surface area (Å²) in [7, 11) is 0. The molecule has 0 saturated carbocycles. The van der Waals surface area contributed by atoms with Gasteiger partial charge >= 0.3 is 5.97 Å². The Morgan fingerprint density at radius 2 is 2.06 bits per heavy atom. The first-order valence-electron chi connectivity index (χ1n) is 6.08. The van der Waals surface area contributed by atoms with E-state index in [2.05, 4.69) is 10.8 Å². The maximum Gasteiger partial charge on any atom is 0.335 e. The fourth-order valence-electron chi connectivity index (χ4n) is 2.39. The predicted octanol–water partition coefficient (Wildman–Crippen LogP) is 2.31. The number of hydrogen-bond donors (Lipinski definition) is 2. The summed E-state index contributed by atoms with van der Waals surface area (Å²) < 4.78 is 2.17. The molecule has 96 valence electrons. The molecule has 0 spiro atoms. The Kier molecular flexibility index (Phi) is 3.39. The molecule has 0 radical (unpaired) electrons. The van der Waals surface area contributed by atoms with Gasteiger partial charge in [-0.1, -0.05) is 0 Å². The average Bonchev–Trinajstić information content (AvgIpc) is 2.64. The number of aromatic carboxylic acids is 1. The predicted molar refractivity (Wildman–Crippen MR) is 72.0 cm³/mol. The minimum absolute atomic E-state index is 0.347. The van der Waals surface area contributed by atoms with Crippen LogP contribution in [0.25, 0.3) is 10.9 Å². The van der Waals surface area contributed by atoms with Crippen LogP contribution in [-0.2, 0) is 6.54 Å². The molecule has 0 unspecified atom stereocenters. The molecule has 0 aliphatic rings. The number of carboxylic acids is 1. The minimum atomic E-state index is -0.880. The van der Waals surface area contributed by atoms with Crippen LogP contribution in [-0.4, -0.2) is 22.2 Å². The summed E-state index contributed by atoms with van der Waals surface area (Å²) >= 11 is 0.